The number of halogens is 1. The van der Waals surface area contributed by atoms with Crippen LogP contribution in [0.25, 0.3) is 0 Å². The smallest absolute Gasteiger partial charge is 0.220 e. The largest absolute Gasteiger partial charge is 0.360 e. The highest BCUT2D eigenvalue weighted by atomic mass is 79.9. The molecule has 0 aromatic carbocycles. The Balaban J connectivity index is 2.09. The first-order chi connectivity index (χ1) is 6.83. The lowest BCUT2D eigenvalue weighted by molar-refractivity contribution is -0.121. The molecule has 1 aromatic rings. The van der Waals surface area contributed by atoms with E-state index in [1.165, 1.54) is 0 Å². The van der Waals surface area contributed by atoms with Crippen molar-refractivity contribution in [3.05, 3.63) is 18.0 Å². The van der Waals surface area contributed by atoms with E-state index in [0.29, 0.717) is 18.7 Å². The molecule has 0 fully saturated rings. The summed E-state index contributed by atoms with van der Waals surface area (Å²) in [4.78, 5) is 11.2. The molecule has 0 aliphatic heterocycles. The summed E-state index contributed by atoms with van der Waals surface area (Å²) < 4.78 is 4.84. The lowest BCUT2D eigenvalue weighted by atomic mass is 10.2. The Morgan fingerprint density at radius 2 is 2.43 bits per heavy atom. The van der Waals surface area contributed by atoms with Crippen molar-refractivity contribution in [2.24, 2.45) is 0 Å². The van der Waals surface area contributed by atoms with Crippen LogP contribution in [0.3, 0.4) is 0 Å². The van der Waals surface area contributed by atoms with Gasteiger partial charge in [-0.2, -0.15) is 0 Å². The number of nitrogens with zero attached hydrogens (tertiary/aromatic N) is 1. The predicted octanol–water partition coefficient (Wildman–Crippen LogP) is 1.86. The lowest BCUT2D eigenvalue weighted by Crippen LogP contribution is -2.22. The molecule has 78 valence electrons. The number of alkyl halides is 1. The van der Waals surface area contributed by atoms with Gasteiger partial charge >= 0.3 is 0 Å². The molecular formula is C9H13BrN2O2. The highest BCUT2D eigenvalue weighted by Gasteiger charge is 2.02. The molecule has 1 amide bonds. The van der Waals surface area contributed by atoms with Crippen molar-refractivity contribution in [3.63, 3.8) is 0 Å². The fourth-order valence-electron chi connectivity index (χ4n) is 0.987. The minimum atomic E-state index is 0.0577. The fraction of sp³-hybridized carbons (Fsp3) is 0.556. The molecule has 0 saturated carbocycles. The zero-order valence-corrected chi connectivity index (χ0v) is 9.42. The molecule has 1 N–H and O–H groups in total. The number of nitrogens with one attached hydrogen (secondary N) is 1. The number of carbonyl (C=O) groups is 1. The fourth-order valence-corrected chi connectivity index (χ4v) is 1.38. The number of rotatable bonds is 6. The molecule has 4 nitrogen and oxygen atoms in total. The van der Waals surface area contributed by atoms with Crippen LogP contribution in [0.2, 0.25) is 0 Å². The standard InChI is InChI=1S/C9H13BrN2O2/c10-5-2-1-3-9(13)11-7-8-4-6-12-14-8/h4,6H,1-3,5,7H2,(H,11,13). The number of amides is 1. The topological polar surface area (TPSA) is 55.1 Å². The SMILES string of the molecule is O=C(CCCCBr)NCc1ccno1. The van der Waals surface area contributed by atoms with E-state index in [1.54, 1.807) is 12.3 Å². The Kier molecular flexibility index (Phi) is 5.29. The molecule has 0 bridgehead atoms. The van der Waals surface area contributed by atoms with Crippen molar-refractivity contribution in [1.82, 2.24) is 10.5 Å². The predicted molar refractivity (Wildman–Crippen MR) is 56.0 cm³/mol. The van der Waals surface area contributed by atoms with Crippen molar-refractivity contribution in [1.29, 1.82) is 0 Å². The monoisotopic (exact) mass is 260 g/mol. The Labute approximate surface area is 91.2 Å². The minimum Gasteiger partial charge on any atom is -0.360 e. The van der Waals surface area contributed by atoms with E-state index >= 15 is 0 Å². The summed E-state index contributed by atoms with van der Waals surface area (Å²) in [7, 11) is 0. The molecule has 1 aromatic heterocycles. The van der Waals surface area contributed by atoms with Gasteiger partial charge in [-0.3, -0.25) is 4.79 Å². The molecule has 0 atom stereocenters. The third kappa shape index (κ3) is 4.41. The van der Waals surface area contributed by atoms with Gasteiger partial charge in [0.2, 0.25) is 5.91 Å². The second-order valence-electron chi connectivity index (χ2n) is 2.90. The molecule has 0 unspecified atom stereocenters. The number of hydrogen-bond donors (Lipinski definition) is 1. The summed E-state index contributed by atoms with van der Waals surface area (Å²) in [6, 6.07) is 1.73. The summed E-state index contributed by atoms with van der Waals surface area (Å²) in [5, 5.41) is 7.25. The summed E-state index contributed by atoms with van der Waals surface area (Å²) >= 11 is 3.32. The zero-order valence-electron chi connectivity index (χ0n) is 7.83. The summed E-state index contributed by atoms with van der Waals surface area (Å²) in [6.45, 7) is 0.424. The van der Waals surface area contributed by atoms with Crippen LogP contribution < -0.4 is 5.32 Å². The number of carbonyl (C=O) groups excluding carboxylic acids is 1. The van der Waals surface area contributed by atoms with Crippen molar-refractivity contribution >= 4 is 21.8 Å². The molecule has 0 radical (unpaired) electrons. The van der Waals surface area contributed by atoms with E-state index in [2.05, 4.69) is 26.4 Å². The van der Waals surface area contributed by atoms with Crippen LogP contribution in [0.15, 0.2) is 16.8 Å². The molecule has 0 aliphatic rings. The van der Waals surface area contributed by atoms with Crippen LogP contribution in [-0.4, -0.2) is 16.4 Å². The molecule has 5 heteroatoms. The van der Waals surface area contributed by atoms with Crippen LogP contribution in [0.4, 0.5) is 0 Å². The van der Waals surface area contributed by atoms with Gasteiger partial charge in [0, 0.05) is 17.8 Å². The van der Waals surface area contributed by atoms with Gasteiger partial charge in [0.05, 0.1) is 12.7 Å². The van der Waals surface area contributed by atoms with Gasteiger partial charge in [-0.15, -0.1) is 0 Å². The van der Waals surface area contributed by atoms with E-state index in [0.717, 1.165) is 18.2 Å². The maximum Gasteiger partial charge on any atom is 0.220 e. The average Bonchev–Trinajstić information content (AvgIpc) is 2.68. The number of aromatic nitrogens is 1. The molecule has 0 aliphatic carbocycles. The number of hydrogen-bond acceptors (Lipinski definition) is 3. The molecule has 14 heavy (non-hydrogen) atoms. The van der Waals surface area contributed by atoms with Crippen LogP contribution >= 0.6 is 15.9 Å². The molecule has 1 heterocycles. The average molecular weight is 261 g/mol. The van der Waals surface area contributed by atoms with Crippen molar-refractivity contribution in [2.45, 2.75) is 25.8 Å². The van der Waals surface area contributed by atoms with E-state index in [4.69, 9.17) is 4.52 Å². The first kappa shape index (κ1) is 11.2. The summed E-state index contributed by atoms with van der Waals surface area (Å²) in [6.07, 6.45) is 4.06. The van der Waals surface area contributed by atoms with Gasteiger partial charge in [0.25, 0.3) is 0 Å². The third-order valence-corrected chi connectivity index (χ3v) is 2.30. The maximum absolute atomic E-state index is 11.2. The molecule has 1 rings (SSSR count). The first-order valence-corrected chi connectivity index (χ1v) is 5.67. The van der Waals surface area contributed by atoms with Gasteiger partial charge < -0.3 is 9.84 Å². The second kappa shape index (κ2) is 6.59. The van der Waals surface area contributed by atoms with Gasteiger partial charge in [0.1, 0.15) is 0 Å². The molecular weight excluding hydrogens is 248 g/mol. The van der Waals surface area contributed by atoms with E-state index in [1.807, 2.05) is 0 Å². The summed E-state index contributed by atoms with van der Waals surface area (Å²) in [5.41, 5.74) is 0. The van der Waals surface area contributed by atoms with E-state index < -0.39 is 0 Å². The zero-order chi connectivity index (χ0) is 10.2. The lowest BCUT2D eigenvalue weighted by Gasteiger charge is -2.01. The van der Waals surface area contributed by atoms with Gasteiger partial charge in [-0.1, -0.05) is 21.1 Å². The van der Waals surface area contributed by atoms with Crippen molar-refractivity contribution in [3.8, 4) is 0 Å². The minimum absolute atomic E-state index is 0.0577. The molecule has 0 saturated heterocycles. The van der Waals surface area contributed by atoms with Gasteiger partial charge in [-0.25, -0.2) is 0 Å². The van der Waals surface area contributed by atoms with Crippen molar-refractivity contribution in [2.75, 3.05) is 5.33 Å². The Hall–Kier alpha value is -0.840. The summed E-state index contributed by atoms with van der Waals surface area (Å²) in [5.74, 6) is 0.737. The Morgan fingerprint density at radius 3 is 3.07 bits per heavy atom. The number of unbranched alkanes of at least 4 members (excludes halogenated alkanes) is 1. The quantitative estimate of drug-likeness (QED) is 0.628. The van der Waals surface area contributed by atoms with Crippen LogP contribution in [0.5, 0.6) is 0 Å². The van der Waals surface area contributed by atoms with E-state index in [9.17, 15) is 4.79 Å². The molecule has 0 spiro atoms. The third-order valence-electron chi connectivity index (χ3n) is 1.74. The van der Waals surface area contributed by atoms with Crippen LogP contribution in [-0.2, 0) is 11.3 Å². The normalized spacial score (nSPS) is 10.1. The van der Waals surface area contributed by atoms with Gasteiger partial charge in [0.15, 0.2) is 5.76 Å². The van der Waals surface area contributed by atoms with Crippen LogP contribution in [0.1, 0.15) is 25.0 Å². The van der Waals surface area contributed by atoms with Crippen molar-refractivity contribution < 1.29 is 9.32 Å². The van der Waals surface area contributed by atoms with E-state index in [-0.39, 0.29) is 5.91 Å². The Morgan fingerprint density at radius 1 is 1.57 bits per heavy atom. The van der Waals surface area contributed by atoms with Crippen LogP contribution in [0, 0.1) is 0 Å². The highest BCUT2D eigenvalue weighted by Crippen LogP contribution is 1.99. The maximum atomic E-state index is 11.2. The van der Waals surface area contributed by atoms with Gasteiger partial charge in [-0.05, 0) is 12.8 Å². The Bertz CT molecular complexity index is 262. The highest BCUT2D eigenvalue weighted by molar-refractivity contribution is 9.09. The second-order valence-corrected chi connectivity index (χ2v) is 3.69. The first-order valence-electron chi connectivity index (χ1n) is 4.55.